The van der Waals surface area contributed by atoms with Crippen LogP contribution in [0.25, 0.3) is 93.9 Å². The molecular weight excluding hydrogens is 765 g/mol. The van der Waals surface area contributed by atoms with Crippen LogP contribution in [0.2, 0.25) is 0 Å². The molecule has 2 aromatic heterocycles. The largest absolute Gasteiger partial charge is 0.455 e. The van der Waals surface area contributed by atoms with Gasteiger partial charge in [-0.2, -0.15) is 0 Å². The maximum absolute atomic E-state index is 6.75. The molecule has 0 aliphatic carbocycles. The molecule has 10 aromatic carbocycles. The number of nitrogens with zero attached hydrogens (tertiary/aromatic N) is 2. The topological polar surface area (TPSA) is 21.3 Å². The summed E-state index contributed by atoms with van der Waals surface area (Å²) in [6.07, 6.45) is 0. The number of aromatic nitrogens is 1. The Morgan fingerprint density at radius 3 is 1.65 bits per heavy atom. The fourth-order valence-corrected chi connectivity index (χ4v) is 9.47. The molecule has 0 spiro atoms. The molecule has 2 heterocycles. The smallest absolute Gasteiger partial charge is 0.143 e. The summed E-state index contributed by atoms with van der Waals surface area (Å²) in [6.45, 7) is 0. The molecule has 63 heavy (non-hydrogen) atoms. The molecule has 0 fully saturated rings. The minimum absolute atomic E-state index is 0.884. The van der Waals surface area contributed by atoms with Gasteiger partial charge >= 0.3 is 0 Å². The van der Waals surface area contributed by atoms with Gasteiger partial charge in [0.15, 0.2) is 0 Å². The molecule has 0 aliphatic heterocycles. The third-order valence-corrected chi connectivity index (χ3v) is 12.4. The Labute approximate surface area is 366 Å². The van der Waals surface area contributed by atoms with E-state index in [2.05, 4.69) is 246 Å². The number of para-hydroxylation sites is 4. The van der Waals surface area contributed by atoms with Crippen molar-refractivity contribution in [3.63, 3.8) is 0 Å². The summed E-state index contributed by atoms with van der Waals surface area (Å²) in [6, 6.07) is 87.1. The number of anilines is 3. The molecule has 0 radical (unpaired) electrons. The second kappa shape index (κ2) is 15.3. The van der Waals surface area contributed by atoms with Crippen LogP contribution in [0.15, 0.2) is 247 Å². The lowest BCUT2D eigenvalue weighted by Crippen LogP contribution is -2.11. The van der Waals surface area contributed by atoms with Crippen molar-refractivity contribution < 1.29 is 4.42 Å². The number of benzene rings is 10. The molecule has 12 aromatic rings. The maximum Gasteiger partial charge on any atom is 0.143 e. The van der Waals surface area contributed by atoms with Crippen molar-refractivity contribution in [3.05, 3.63) is 243 Å². The predicted molar refractivity (Wildman–Crippen MR) is 264 cm³/mol. The zero-order chi connectivity index (χ0) is 41.7. The Balaban J connectivity index is 1.12. The lowest BCUT2D eigenvalue weighted by Gasteiger charge is -2.28. The van der Waals surface area contributed by atoms with Gasteiger partial charge in [0.25, 0.3) is 0 Å². The van der Waals surface area contributed by atoms with Gasteiger partial charge in [-0.3, -0.25) is 0 Å². The van der Waals surface area contributed by atoms with E-state index in [1.54, 1.807) is 0 Å². The Kier molecular flexibility index (Phi) is 8.83. The van der Waals surface area contributed by atoms with Crippen LogP contribution in [0.3, 0.4) is 0 Å². The fraction of sp³-hybridized carbons (Fsp3) is 0. The molecule has 3 heteroatoms. The van der Waals surface area contributed by atoms with Crippen LogP contribution in [0.1, 0.15) is 0 Å². The zero-order valence-corrected chi connectivity index (χ0v) is 34.4. The molecule has 0 N–H and O–H groups in total. The van der Waals surface area contributed by atoms with Crippen molar-refractivity contribution in [3.8, 4) is 50.2 Å². The summed E-state index contributed by atoms with van der Waals surface area (Å²) in [5.41, 5.74) is 17.5. The molecule has 0 unspecified atom stereocenters. The molecule has 12 rings (SSSR count). The third kappa shape index (κ3) is 6.29. The molecular formula is C60H40N2O. The van der Waals surface area contributed by atoms with Gasteiger partial charge < -0.3 is 13.9 Å². The van der Waals surface area contributed by atoms with Crippen molar-refractivity contribution >= 4 is 60.8 Å². The molecule has 0 atom stereocenters. The van der Waals surface area contributed by atoms with Gasteiger partial charge in [0.1, 0.15) is 11.2 Å². The van der Waals surface area contributed by atoms with Gasteiger partial charge in [-0.05, 0) is 82.4 Å². The summed E-state index contributed by atoms with van der Waals surface area (Å²) < 4.78 is 9.21. The van der Waals surface area contributed by atoms with E-state index in [-0.39, 0.29) is 0 Å². The van der Waals surface area contributed by atoms with E-state index >= 15 is 0 Å². The van der Waals surface area contributed by atoms with Gasteiger partial charge in [0.2, 0.25) is 0 Å². The molecule has 0 bridgehead atoms. The monoisotopic (exact) mass is 804 g/mol. The van der Waals surface area contributed by atoms with Gasteiger partial charge in [-0.1, -0.05) is 188 Å². The van der Waals surface area contributed by atoms with E-state index in [1.165, 1.54) is 21.9 Å². The van der Waals surface area contributed by atoms with Gasteiger partial charge in [-0.25, -0.2) is 0 Å². The molecule has 296 valence electrons. The van der Waals surface area contributed by atoms with E-state index in [0.717, 1.165) is 89.1 Å². The first-order valence-corrected chi connectivity index (χ1v) is 21.5. The second-order valence-electron chi connectivity index (χ2n) is 16.1. The SMILES string of the molecule is c1ccc(-c2ccc(N(c3ccc4c5ccccc5n(-c5ccc(-c6ccccc6)cc5-c5cccc6c5oc5ccccc56)c4c3)c3ccccc3-c3ccccc3)cc2)cc1. The van der Waals surface area contributed by atoms with Crippen LogP contribution in [0, 0.1) is 0 Å². The van der Waals surface area contributed by atoms with Crippen LogP contribution >= 0.6 is 0 Å². The van der Waals surface area contributed by atoms with Crippen molar-refractivity contribution in [2.45, 2.75) is 0 Å². The minimum Gasteiger partial charge on any atom is -0.455 e. The normalized spacial score (nSPS) is 11.5. The van der Waals surface area contributed by atoms with Crippen molar-refractivity contribution in [2.24, 2.45) is 0 Å². The predicted octanol–water partition coefficient (Wildman–Crippen LogP) is 16.8. The molecule has 0 saturated carbocycles. The van der Waals surface area contributed by atoms with Crippen LogP contribution in [-0.2, 0) is 0 Å². The lowest BCUT2D eigenvalue weighted by atomic mass is 9.95. The highest BCUT2D eigenvalue weighted by atomic mass is 16.3. The standard InChI is InChI=1S/C60H40N2O/c1-4-17-41(18-5-1)43-31-34-46(35-32-43)61(55-28-13-10-23-48(55)44-21-8-3-9-22-44)47-36-37-50-49-24-11-14-29-56(49)62(58(50)40-47)57-38-33-45(42-19-6-2-7-20-42)39-54(57)53-27-16-26-52-51-25-12-15-30-59(51)63-60(52)53/h1-40H. The summed E-state index contributed by atoms with van der Waals surface area (Å²) >= 11 is 0. The van der Waals surface area contributed by atoms with E-state index in [1.807, 2.05) is 6.07 Å². The van der Waals surface area contributed by atoms with Crippen molar-refractivity contribution in [2.75, 3.05) is 4.90 Å². The van der Waals surface area contributed by atoms with E-state index < -0.39 is 0 Å². The third-order valence-electron chi connectivity index (χ3n) is 12.4. The minimum atomic E-state index is 0.884. The summed E-state index contributed by atoms with van der Waals surface area (Å²) in [5, 5.41) is 4.60. The van der Waals surface area contributed by atoms with Gasteiger partial charge in [0, 0.05) is 49.6 Å². The number of furan rings is 1. The zero-order valence-electron chi connectivity index (χ0n) is 34.4. The highest BCUT2D eigenvalue weighted by Gasteiger charge is 2.23. The Bertz CT molecular complexity index is 3600. The van der Waals surface area contributed by atoms with Crippen molar-refractivity contribution in [1.82, 2.24) is 4.57 Å². The average Bonchev–Trinajstić information content (AvgIpc) is 3.91. The molecule has 0 saturated heterocycles. The highest BCUT2D eigenvalue weighted by molar-refractivity contribution is 6.13. The molecule has 0 aliphatic rings. The van der Waals surface area contributed by atoms with Gasteiger partial charge in [0.05, 0.1) is 22.4 Å². The number of hydrogen-bond acceptors (Lipinski definition) is 2. The first-order valence-electron chi connectivity index (χ1n) is 21.5. The van der Waals surface area contributed by atoms with Crippen LogP contribution in [-0.4, -0.2) is 4.57 Å². The van der Waals surface area contributed by atoms with Gasteiger partial charge in [-0.15, -0.1) is 0 Å². The Hall–Kier alpha value is -8.40. The highest BCUT2D eigenvalue weighted by Crippen LogP contribution is 2.46. The number of hydrogen-bond donors (Lipinski definition) is 0. The quantitative estimate of drug-likeness (QED) is 0.153. The summed E-state index contributed by atoms with van der Waals surface area (Å²) in [4.78, 5) is 2.41. The van der Waals surface area contributed by atoms with E-state index in [4.69, 9.17) is 4.42 Å². The average molecular weight is 805 g/mol. The first-order chi connectivity index (χ1) is 31.3. The second-order valence-corrected chi connectivity index (χ2v) is 16.1. The fourth-order valence-electron chi connectivity index (χ4n) is 9.47. The van der Waals surface area contributed by atoms with E-state index in [0.29, 0.717) is 0 Å². The first kappa shape index (κ1) is 36.5. The summed E-state index contributed by atoms with van der Waals surface area (Å²) in [7, 11) is 0. The van der Waals surface area contributed by atoms with Crippen LogP contribution < -0.4 is 4.90 Å². The molecule has 0 amide bonds. The number of fused-ring (bicyclic) bond motifs is 6. The summed E-state index contributed by atoms with van der Waals surface area (Å²) in [5.74, 6) is 0. The maximum atomic E-state index is 6.75. The van der Waals surface area contributed by atoms with Crippen LogP contribution in [0.4, 0.5) is 17.1 Å². The number of rotatable bonds is 8. The van der Waals surface area contributed by atoms with Crippen molar-refractivity contribution in [1.29, 1.82) is 0 Å². The lowest BCUT2D eigenvalue weighted by molar-refractivity contribution is 0.670. The van der Waals surface area contributed by atoms with E-state index in [9.17, 15) is 0 Å². The molecule has 3 nitrogen and oxygen atoms in total. The van der Waals surface area contributed by atoms with Crippen LogP contribution in [0.5, 0.6) is 0 Å². The Morgan fingerprint density at radius 1 is 0.317 bits per heavy atom. The Morgan fingerprint density at radius 2 is 0.873 bits per heavy atom.